The van der Waals surface area contributed by atoms with Crippen molar-refractivity contribution in [2.24, 2.45) is 0 Å². The molecule has 1 aliphatic carbocycles. The van der Waals surface area contributed by atoms with E-state index >= 15 is 0 Å². The summed E-state index contributed by atoms with van der Waals surface area (Å²) in [5.74, 6) is 0. The number of fused-ring (bicyclic) bond motifs is 6. The van der Waals surface area contributed by atoms with E-state index in [0.29, 0.717) is 5.22 Å². The molecular weight excluding hydrogens is 595 g/mol. The molecule has 2 nitrogen and oxygen atoms in total. The van der Waals surface area contributed by atoms with E-state index in [9.17, 15) is 4.79 Å². The van der Waals surface area contributed by atoms with Crippen LogP contribution in [-0.2, 0) is 6.42 Å². The molecule has 0 N–H and O–H groups in total. The van der Waals surface area contributed by atoms with E-state index in [1.807, 2.05) is 4.57 Å². The minimum Gasteiger partial charge on any atom is -0.277 e. The van der Waals surface area contributed by atoms with Crippen LogP contribution in [0.5, 0.6) is 0 Å². The van der Waals surface area contributed by atoms with Crippen LogP contribution in [0.15, 0.2) is 151 Å². The molecule has 7 aromatic carbocycles. The van der Waals surface area contributed by atoms with Crippen molar-refractivity contribution in [3.63, 3.8) is 0 Å². The Bertz CT molecular complexity index is 2870. The number of hydrogen-bond donors (Lipinski definition) is 0. The summed E-state index contributed by atoms with van der Waals surface area (Å²) in [4.78, 5) is 13.8. The summed E-state index contributed by atoms with van der Waals surface area (Å²) < 4.78 is 1.83. The van der Waals surface area contributed by atoms with E-state index in [4.69, 9.17) is 0 Å². The molecule has 232 valence electrons. The summed E-state index contributed by atoms with van der Waals surface area (Å²) in [7, 11) is 0. The second-order valence-corrected chi connectivity index (χ2v) is 12.8. The molecule has 0 unspecified atom stereocenters. The molecule has 0 amide bonds. The van der Waals surface area contributed by atoms with Crippen LogP contribution in [0.25, 0.3) is 89.8 Å². The van der Waals surface area contributed by atoms with Crippen LogP contribution in [0.3, 0.4) is 0 Å². The third-order valence-electron chi connectivity index (χ3n) is 10.2. The molecule has 2 heteroatoms. The van der Waals surface area contributed by atoms with E-state index in [2.05, 4.69) is 153 Å². The molecule has 0 fully saturated rings. The van der Waals surface area contributed by atoms with Gasteiger partial charge in [-0.3, -0.25) is 9.36 Å². The van der Waals surface area contributed by atoms with Gasteiger partial charge in [0.2, 0.25) is 0 Å². The van der Waals surface area contributed by atoms with Gasteiger partial charge in [0.1, 0.15) is 0 Å². The lowest BCUT2D eigenvalue weighted by Crippen LogP contribution is -2.47. The largest absolute Gasteiger partial charge is 0.277 e. The van der Waals surface area contributed by atoms with Crippen molar-refractivity contribution in [3.8, 4) is 27.9 Å². The summed E-state index contributed by atoms with van der Waals surface area (Å²) in [6.45, 7) is 8.12. The zero-order chi connectivity index (χ0) is 33.1. The van der Waals surface area contributed by atoms with Crippen molar-refractivity contribution in [1.82, 2.24) is 4.57 Å². The quantitative estimate of drug-likeness (QED) is 0.141. The van der Waals surface area contributed by atoms with Crippen molar-refractivity contribution in [2.45, 2.75) is 12.8 Å². The van der Waals surface area contributed by atoms with Crippen molar-refractivity contribution in [3.05, 3.63) is 178 Å². The second-order valence-electron chi connectivity index (χ2n) is 12.8. The van der Waals surface area contributed by atoms with Gasteiger partial charge in [0, 0.05) is 10.9 Å². The standard InChI is InChI=1S/C47H33NO/c1-3-12-36-30(2)35-16-8-9-22-45(35)48(47(36)49)34-25-23-32(24-26-34)37-19-11-20-40-41(37)27-28-43-44(40)29-33-14-5-7-18-39(33)46(43)42-21-10-15-31-13-4-6-17-38(31)42/h3-7,9-15,17-29H,1-2,8,16H2/b36-12+. The van der Waals surface area contributed by atoms with Gasteiger partial charge in [-0.2, -0.15) is 0 Å². The van der Waals surface area contributed by atoms with Crippen LogP contribution in [0.1, 0.15) is 17.7 Å². The Morgan fingerprint density at radius 3 is 2.16 bits per heavy atom. The third-order valence-corrected chi connectivity index (χ3v) is 10.2. The number of nitrogens with zero attached hydrogens (tertiary/aromatic N) is 1. The summed E-state index contributed by atoms with van der Waals surface area (Å²) in [5.41, 5.74) is 7.59. The molecule has 0 aliphatic heterocycles. The predicted octanol–water partition coefficient (Wildman–Crippen LogP) is 10.1. The maximum Gasteiger partial charge on any atom is 0.263 e. The molecule has 1 aliphatic rings. The molecule has 0 bridgehead atoms. The number of hydrogen-bond acceptors (Lipinski definition) is 1. The van der Waals surface area contributed by atoms with Gasteiger partial charge in [0.25, 0.3) is 5.56 Å². The molecule has 9 rings (SSSR count). The first kappa shape index (κ1) is 28.9. The number of benzene rings is 7. The molecule has 0 atom stereocenters. The summed E-state index contributed by atoms with van der Waals surface area (Å²) in [6, 6.07) is 45.9. The lowest BCUT2D eigenvalue weighted by atomic mass is 9.87. The van der Waals surface area contributed by atoms with Crippen LogP contribution in [0.4, 0.5) is 0 Å². The van der Waals surface area contributed by atoms with E-state index < -0.39 is 0 Å². The van der Waals surface area contributed by atoms with Crippen molar-refractivity contribution in [1.29, 1.82) is 0 Å². The fraction of sp³-hybridized carbons (Fsp3) is 0.0426. The predicted molar refractivity (Wildman–Crippen MR) is 210 cm³/mol. The van der Waals surface area contributed by atoms with Gasteiger partial charge >= 0.3 is 0 Å². The van der Waals surface area contributed by atoms with Crippen LogP contribution >= 0.6 is 0 Å². The smallest absolute Gasteiger partial charge is 0.263 e. The molecule has 0 saturated heterocycles. The van der Waals surface area contributed by atoms with Gasteiger partial charge in [-0.15, -0.1) is 0 Å². The highest BCUT2D eigenvalue weighted by molar-refractivity contribution is 6.23. The highest BCUT2D eigenvalue weighted by Crippen LogP contribution is 2.43. The van der Waals surface area contributed by atoms with Crippen LogP contribution < -0.4 is 16.0 Å². The van der Waals surface area contributed by atoms with Gasteiger partial charge in [-0.1, -0.05) is 135 Å². The molecule has 49 heavy (non-hydrogen) atoms. The van der Waals surface area contributed by atoms with Gasteiger partial charge in [-0.05, 0) is 119 Å². The zero-order valence-corrected chi connectivity index (χ0v) is 27.1. The summed E-state index contributed by atoms with van der Waals surface area (Å²) in [5, 5.41) is 11.3. The summed E-state index contributed by atoms with van der Waals surface area (Å²) in [6.07, 6.45) is 9.45. The molecule has 0 spiro atoms. The maximum atomic E-state index is 13.8. The monoisotopic (exact) mass is 627 g/mol. The molecular formula is C47H33NO. The van der Waals surface area contributed by atoms with Gasteiger partial charge in [0.15, 0.2) is 0 Å². The molecule has 0 radical (unpaired) electrons. The van der Waals surface area contributed by atoms with Crippen molar-refractivity contribution < 1.29 is 0 Å². The van der Waals surface area contributed by atoms with Crippen molar-refractivity contribution in [2.75, 3.05) is 0 Å². The topological polar surface area (TPSA) is 22.0 Å². The van der Waals surface area contributed by atoms with Crippen LogP contribution in [0, 0.1) is 0 Å². The number of pyridine rings is 1. The Hall–Kier alpha value is -6.25. The minimum atomic E-state index is -0.0752. The SMILES string of the molecule is C=C/C=c1\c(=C)c2c(n(-c3ccc(-c4cccc5c4ccc4c(-c6cccc7ccccc67)c6ccccc6cc45)cc3)c1=O)C=CCC2. The summed E-state index contributed by atoms with van der Waals surface area (Å²) >= 11 is 0. The number of aromatic nitrogens is 1. The second kappa shape index (κ2) is 11.5. The van der Waals surface area contributed by atoms with Crippen LogP contribution in [-0.4, -0.2) is 4.57 Å². The highest BCUT2D eigenvalue weighted by Gasteiger charge is 2.18. The fourth-order valence-electron chi connectivity index (χ4n) is 7.92. The van der Waals surface area contributed by atoms with Crippen molar-refractivity contribution >= 4 is 61.8 Å². The van der Waals surface area contributed by atoms with E-state index in [0.717, 1.165) is 46.1 Å². The molecule has 1 heterocycles. The molecule has 8 aromatic rings. The number of allylic oxidation sites excluding steroid dienone is 2. The Kier molecular flexibility index (Phi) is 6.77. The van der Waals surface area contributed by atoms with Gasteiger partial charge in [0.05, 0.1) is 5.69 Å². The Balaban J connectivity index is 1.24. The van der Waals surface area contributed by atoms with Gasteiger partial charge < -0.3 is 0 Å². The lowest BCUT2D eigenvalue weighted by Gasteiger charge is -2.19. The fourth-order valence-corrected chi connectivity index (χ4v) is 7.92. The maximum absolute atomic E-state index is 13.8. The average Bonchev–Trinajstić information content (AvgIpc) is 3.15. The van der Waals surface area contributed by atoms with E-state index in [-0.39, 0.29) is 5.56 Å². The number of rotatable bonds is 4. The first-order chi connectivity index (χ1) is 24.1. The average molecular weight is 628 g/mol. The normalized spacial score (nSPS) is 13.0. The Morgan fingerprint density at radius 2 is 1.33 bits per heavy atom. The highest BCUT2D eigenvalue weighted by atomic mass is 16.1. The first-order valence-corrected chi connectivity index (χ1v) is 16.8. The Labute approximate surface area is 284 Å². The Morgan fingerprint density at radius 1 is 0.633 bits per heavy atom. The third kappa shape index (κ3) is 4.52. The molecule has 0 saturated carbocycles. The van der Waals surface area contributed by atoms with E-state index in [1.54, 1.807) is 12.2 Å². The van der Waals surface area contributed by atoms with Crippen LogP contribution in [0.2, 0.25) is 0 Å². The molecule has 1 aromatic heterocycles. The zero-order valence-electron chi connectivity index (χ0n) is 27.1. The van der Waals surface area contributed by atoms with E-state index in [1.165, 1.54) is 54.2 Å². The first-order valence-electron chi connectivity index (χ1n) is 16.8. The lowest BCUT2D eigenvalue weighted by molar-refractivity contribution is 0.873. The minimum absolute atomic E-state index is 0.0752. The van der Waals surface area contributed by atoms with Gasteiger partial charge in [-0.25, -0.2) is 0 Å².